The van der Waals surface area contributed by atoms with Crippen LogP contribution in [0.25, 0.3) is 0 Å². The molecule has 2 aromatic carbocycles. The maximum atomic E-state index is 11.0. The summed E-state index contributed by atoms with van der Waals surface area (Å²) in [6, 6.07) is 11.5. The molecule has 0 aliphatic carbocycles. The number of halogens is 2. The fraction of sp³-hybridized carbons (Fsp3) is 0.0714. The third-order valence-electron chi connectivity index (χ3n) is 2.48. The van der Waals surface area contributed by atoms with Gasteiger partial charge in [0.1, 0.15) is 12.4 Å². The number of hydrogen-bond acceptors (Lipinski definition) is 2. The smallest absolute Gasteiger partial charge is 0.336 e. The molecule has 0 fully saturated rings. The van der Waals surface area contributed by atoms with Crippen LogP contribution in [0.5, 0.6) is 5.75 Å². The van der Waals surface area contributed by atoms with Gasteiger partial charge >= 0.3 is 5.97 Å². The van der Waals surface area contributed by atoms with Gasteiger partial charge in [-0.1, -0.05) is 41.4 Å². The summed E-state index contributed by atoms with van der Waals surface area (Å²) in [5.41, 5.74) is 0.807. The number of aromatic carboxylic acids is 1. The molecule has 98 valence electrons. The second-order valence-electron chi connectivity index (χ2n) is 3.86. The van der Waals surface area contributed by atoms with Crippen molar-refractivity contribution in [2.45, 2.75) is 6.61 Å². The summed E-state index contributed by atoms with van der Waals surface area (Å²) in [6.45, 7) is 0.138. The summed E-state index contributed by atoms with van der Waals surface area (Å²) in [6.07, 6.45) is 0. The lowest BCUT2D eigenvalue weighted by molar-refractivity contribution is 0.0694. The minimum absolute atomic E-state index is 0.138. The zero-order valence-electron chi connectivity index (χ0n) is 9.77. The van der Waals surface area contributed by atoms with Gasteiger partial charge in [-0.05, 0) is 24.3 Å². The van der Waals surface area contributed by atoms with Crippen molar-refractivity contribution in [3.8, 4) is 5.75 Å². The number of rotatable bonds is 4. The van der Waals surface area contributed by atoms with Crippen molar-refractivity contribution in [2.24, 2.45) is 0 Å². The predicted molar refractivity (Wildman–Crippen MR) is 74.2 cm³/mol. The molecule has 5 heteroatoms. The molecule has 0 saturated carbocycles. The van der Waals surface area contributed by atoms with E-state index < -0.39 is 5.97 Å². The molecular weight excluding hydrogens is 287 g/mol. The Balaban J connectivity index is 2.16. The van der Waals surface area contributed by atoms with Crippen LogP contribution in [0.1, 0.15) is 15.9 Å². The predicted octanol–water partition coefficient (Wildman–Crippen LogP) is 4.27. The molecule has 0 heterocycles. The largest absolute Gasteiger partial charge is 0.489 e. The van der Waals surface area contributed by atoms with Crippen molar-refractivity contribution >= 4 is 29.2 Å². The molecule has 0 aromatic heterocycles. The van der Waals surface area contributed by atoms with Gasteiger partial charge < -0.3 is 9.84 Å². The van der Waals surface area contributed by atoms with Crippen LogP contribution in [0.4, 0.5) is 0 Å². The number of benzene rings is 2. The monoisotopic (exact) mass is 296 g/mol. The summed E-state index contributed by atoms with van der Waals surface area (Å²) >= 11 is 11.7. The Kier molecular flexibility index (Phi) is 4.30. The Bertz CT molecular complexity index is 591. The molecule has 0 aliphatic rings. The average Bonchev–Trinajstić information content (AvgIpc) is 2.35. The van der Waals surface area contributed by atoms with Gasteiger partial charge in [0.05, 0.1) is 5.56 Å². The SMILES string of the molecule is O=C(O)c1ccccc1COc1cc(Cl)cc(Cl)c1. The van der Waals surface area contributed by atoms with Gasteiger partial charge in [0.2, 0.25) is 0 Å². The van der Waals surface area contributed by atoms with Gasteiger partial charge in [-0.3, -0.25) is 0 Å². The normalized spacial score (nSPS) is 10.2. The third kappa shape index (κ3) is 3.63. The van der Waals surface area contributed by atoms with E-state index in [4.69, 9.17) is 33.0 Å². The van der Waals surface area contributed by atoms with Crippen LogP contribution < -0.4 is 4.74 Å². The Labute approximate surface area is 120 Å². The van der Waals surface area contributed by atoms with E-state index >= 15 is 0 Å². The standard InChI is InChI=1S/C14H10Cl2O3/c15-10-5-11(16)7-12(6-10)19-8-9-3-1-2-4-13(9)14(17)18/h1-7H,8H2,(H,17,18). The highest BCUT2D eigenvalue weighted by molar-refractivity contribution is 6.34. The Hall–Kier alpha value is -1.71. The maximum absolute atomic E-state index is 11.0. The van der Waals surface area contributed by atoms with E-state index in [0.29, 0.717) is 21.4 Å². The van der Waals surface area contributed by atoms with E-state index in [0.717, 1.165) is 0 Å². The minimum atomic E-state index is -0.983. The third-order valence-corrected chi connectivity index (χ3v) is 2.91. The number of carboxylic acids is 1. The average molecular weight is 297 g/mol. The van der Waals surface area contributed by atoms with Crippen molar-refractivity contribution in [2.75, 3.05) is 0 Å². The van der Waals surface area contributed by atoms with Crippen molar-refractivity contribution in [3.63, 3.8) is 0 Å². The highest BCUT2D eigenvalue weighted by Gasteiger charge is 2.09. The first-order valence-electron chi connectivity index (χ1n) is 5.46. The quantitative estimate of drug-likeness (QED) is 0.916. The summed E-state index contributed by atoms with van der Waals surface area (Å²) in [7, 11) is 0. The van der Waals surface area contributed by atoms with E-state index in [1.54, 1.807) is 36.4 Å². The summed E-state index contributed by atoms with van der Waals surface area (Å²) in [5, 5.41) is 9.99. The molecule has 0 aliphatic heterocycles. The molecule has 0 unspecified atom stereocenters. The van der Waals surface area contributed by atoms with Crippen LogP contribution in [0.2, 0.25) is 10.0 Å². The second-order valence-corrected chi connectivity index (χ2v) is 4.73. The Morgan fingerprint density at radius 2 is 1.74 bits per heavy atom. The highest BCUT2D eigenvalue weighted by Crippen LogP contribution is 2.25. The second kappa shape index (κ2) is 5.95. The van der Waals surface area contributed by atoms with Crippen molar-refractivity contribution in [3.05, 3.63) is 63.6 Å². The lowest BCUT2D eigenvalue weighted by atomic mass is 10.1. The van der Waals surface area contributed by atoms with Crippen LogP contribution in [0.15, 0.2) is 42.5 Å². The number of hydrogen-bond donors (Lipinski definition) is 1. The molecular formula is C14H10Cl2O3. The van der Waals surface area contributed by atoms with Crippen LogP contribution in [-0.4, -0.2) is 11.1 Å². The van der Waals surface area contributed by atoms with Crippen molar-refractivity contribution < 1.29 is 14.6 Å². The van der Waals surface area contributed by atoms with E-state index in [-0.39, 0.29) is 12.2 Å². The maximum Gasteiger partial charge on any atom is 0.336 e. The van der Waals surface area contributed by atoms with Crippen LogP contribution in [-0.2, 0) is 6.61 Å². The van der Waals surface area contributed by atoms with E-state index in [2.05, 4.69) is 0 Å². The summed E-state index contributed by atoms with van der Waals surface area (Å²) in [4.78, 5) is 11.0. The highest BCUT2D eigenvalue weighted by atomic mass is 35.5. The van der Waals surface area contributed by atoms with E-state index in [1.165, 1.54) is 6.07 Å². The fourth-order valence-corrected chi connectivity index (χ4v) is 2.13. The van der Waals surface area contributed by atoms with Gasteiger partial charge in [-0.25, -0.2) is 4.79 Å². The van der Waals surface area contributed by atoms with Crippen LogP contribution >= 0.6 is 23.2 Å². The minimum Gasteiger partial charge on any atom is -0.489 e. The first kappa shape index (κ1) is 13.7. The van der Waals surface area contributed by atoms with Gasteiger partial charge in [-0.2, -0.15) is 0 Å². The van der Waals surface area contributed by atoms with Gasteiger partial charge in [0.25, 0.3) is 0 Å². The number of carbonyl (C=O) groups is 1. The van der Waals surface area contributed by atoms with E-state index in [1.807, 2.05) is 0 Å². The Morgan fingerprint density at radius 3 is 2.37 bits per heavy atom. The first-order valence-corrected chi connectivity index (χ1v) is 6.22. The molecule has 0 saturated heterocycles. The molecule has 0 spiro atoms. The zero-order valence-corrected chi connectivity index (χ0v) is 11.3. The molecule has 19 heavy (non-hydrogen) atoms. The molecule has 0 atom stereocenters. The van der Waals surface area contributed by atoms with Crippen LogP contribution in [0.3, 0.4) is 0 Å². The van der Waals surface area contributed by atoms with Crippen molar-refractivity contribution in [1.82, 2.24) is 0 Å². The molecule has 2 aromatic rings. The fourth-order valence-electron chi connectivity index (χ4n) is 1.63. The Morgan fingerprint density at radius 1 is 1.11 bits per heavy atom. The van der Waals surface area contributed by atoms with Crippen molar-refractivity contribution in [1.29, 1.82) is 0 Å². The lowest BCUT2D eigenvalue weighted by Gasteiger charge is -2.09. The lowest BCUT2D eigenvalue weighted by Crippen LogP contribution is -2.05. The molecule has 3 nitrogen and oxygen atoms in total. The van der Waals surface area contributed by atoms with Gasteiger partial charge in [0.15, 0.2) is 0 Å². The molecule has 0 bridgehead atoms. The summed E-state index contributed by atoms with van der Waals surface area (Å²) in [5.74, 6) is -0.485. The van der Waals surface area contributed by atoms with E-state index in [9.17, 15) is 4.79 Å². The topological polar surface area (TPSA) is 46.5 Å². The molecule has 0 radical (unpaired) electrons. The number of carboxylic acid groups (broad SMARTS) is 1. The van der Waals surface area contributed by atoms with Gasteiger partial charge in [0, 0.05) is 15.6 Å². The molecule has 1 N–H and O–H groups in total. The van der Waals surface area contributed by atoms with Gasteiger partial charge in [-0.15, -0.1) is 0 Å². The number of ether oxygens (including phenoxy) is 1. The molecule has 0 amide bonds. The zero-order chi connectivity index (χ0) is 13.8. The van der Waals surface area contributed by atoms with Crippen LogP contribution in [0, 0.1) is 0 Å². The first-order chi connectivity index (χ1) is 9.06. The summed E-state index contributed by atoms with van der Waals surface area (Å²) < 4.78 is 5.51. The molecule has 2 rings (SSSR count).